The van der Waals surface area contributed by atoms with Crippen LogP contribution in [0.25, 0.3) is 10.2 Å². The van der Waals surface area contributed by atoms with Gasteiger partial charge in [0.2, 0.25) is 0 Å². The third kappa shape index (κ3) is 0.690. The van der Waals surface area contributed by atoms with Crippen LogP contribution in [0.2, 0.25) is 0 Å². The molecule has 0 aliphatic carbocycles. The predicted octanol–water partition coefficient (Wildman–Crippen LogP) is 1.19. The van der Waals surface area contributed by atoms with Crippen molar-refractivity contribution in [3.05, 3.63) is 17.4 Å². The van der Waals surface area contributed by atoms with E-state index in [9.17, 15) is 0 Å². The molecule has 2 heterocycles. The Labute approximate surface area is 61.7 Å². The fourth-order valence-corrected chi connectivity index (χ4v) is 1.41. The van der Waals surface area contributed by atoms with Crippen molar-refractivity contribution >= 4 is 21.6 Å². The Morgan fingerprint density at radius 1 is 1.60 bits per heavy atom. The minimum absolute atomic E-state index is 0.870. The van der Waals surface area contributed by atoms with Crippen LogP contribution in [-0.4, -0.2) is 15.2 Å². The van der Waals surface area contributed by atoms with E-state index in [0.717, 1.165) is 15.9 Å². The van der Waals surface area contributed by atoms with Crippen LogP contribution in [0.15, 0.2) is 6.20 Å². The lowest BCUT2D eigenvalue weighted by atomic mass is 10.4. The lowest BCUT2D eigenvalue weighted by Gasteiger charge is -1.87. The van der Waals surface area contributed by atoms with E-state index in [1.165, 1.54) is 11.3 Å². The van der Waals surface area contributed by atoms with Gasteiger partial charge in [0, 0.05) is 0 Å². The first-order chi connectivity index (χ1) is 4.88. The Morgan fingerprint density at radius 3 is 3.30 bits per heavy atom. The number of thiazole rings is 1. The van der Waals surface area contributed by atoms with E-state index in [2.05, 4.69) is 20.7 Å². The molecule has 0 saturated carbocycles. The van der Waals surface area contributed by atoms with Crippen LogP contribution >= 0.6 is 11.3 Å². The lowest BCUT2D eigenvalue weighted by Crippen LogP contribution is -1.84. The summed E-state index contributed by atoms with van der Waals surface area (Å²) in [5.41, 5.74) is 4.58. The van der Waals surface area contributed by atoms with Gasteiger partial charge in [-0.15, -0.1) is 11.3 Å². The summed E-state index contributed by atoms with van der Waals surface area (Å²) in [7, 11) is 0. The maximum Gasteiger partial charge on any atom is 0.153 e. The number of nitrogens with zero attached hydrogens (tertiary/aromatic N) is 3. The second-order valence-electron chi connectivity index (χ2n) is 1.95. The zero-order chi connectivity index (χ0) is 6.97. The van der Waals surface area contributed by atoms with Gasteiger partial charge in [-0.3, -0.25) is 0 Å². The third-order valence-electron chi connectivity index (χ3n) is 1.27. The average molecular weight is 150 g/mol. The Morgan fingerprint density at radius 2 is 2.50 bits per heavy atom. The summed E-state index contributed by atoms with van der Waals surface area (Å²) in [5, 5.41) is 7.64. The maximum atomic E-state index is 4.01. The van der Waals surface area contributed by atoms with E-state index in [-0.39, 0.29) is 0 Å². The van der Waals surface area contributed by atoms with Gasteiger partial charge in [0.05, 0.1) is 16.6 Å². The molecule has 2 aromatic heterocycles. The summed E-state index contributed by atoms with van der Waals surface area (Å²) in [6, 6.07) is 0. The van der Waals surface area contributed by atoms with Gasteiger partial charge in [-0.1, -0.05) is 0 Å². The molecular formula is C6H4N3S. The van der Waals surface area contributed by atoms with Gasteiger partial charge in [0.1, 0.15) is 5.52 Å². The van der Waals surface area contributed by atoms with Crippen molar-refractivity contribution in [1.82, 2.24) is 15.2 Å². The molecule has 3 nitrogen and oxygen atoms in total. The molecular weight excluding hydrogens is 146 g/mol. The van der Waals surface area contributed by atoms with E-state index in [1.807, 2.05) is 6.92 Å². The first-order valence-electron chi connectivity index (χ1n) is 2.83. The summed E-state index contributed by atoms with van der Waals surface area (Å²) in [6.45, 7) is 1.89. The van der Waals surface area contributed by atoms with Gasteiger partial charge < -0.3 is 0 Å². The van der Waals surface area contributed by atoms with Gasteiger partial charge >= 0.3 is 0 Å². The molecule has 0 unspecified atom stereocenters. The second kappa shape index (κ2) is 1.98. The number of hydrogen-bond donors (Lipinski definition) is 0. The molecule has 0 aliphatic rings. The van der Waals surface area contributed by atoms with Crippen LogP contribution in [0.3, 0.4) is 0 Å². The van der Waals surface area contributed by atoms with Crippen LogP contribution in [0.4, 0.5) is 0 Å². The van der Waals surface area contributed by atoms with E-state index >= 15 is 0 Å². The quantitative estimate of drug-likeness (QED) is 0.566. The highest BCUT2D eigenvalue weighted by Crippen LogP contribution is 2.16. The normalized spacial score (nSPS) is 10.5. The largest absolute Gasteiger partial charge is 0.231 e. The van der Waals surface area contributed by atoms with Crippen LogP contribution in [-0.2, 0) is 0 Å². The molecule has 0 N–H and O–H groups in total. The molecule has 0 aromatic carbocycles. The summed E-state index contributed by atoms with van der Waals surface area (Å²) >= 11 is 1.46. The van der Waals surface area contributed by atoms with Crippen LogP contribution < -0.4 is 0 Å². The molecule has 49 valence electrons. The molecule has 0 atom stereocenters. The zero-order valence-corrected chi connectivity index (χ0v) is 6.14. The molecule has 0 amide bonds. The Balaban J connectivity index is 2.95. The predicted molar refractivity (Wildman–Crippen MR) is 38.8 cm³/mol. The monoisotopic (exact) mass is 150 g/mol. The molecule has 0 bridgehead atoms. The fraction of sp³-hybridized carbons (Fsp3) is 0.167. The van der Waals surface area contributed by atoms with Gasteiger partial charge in [-0.05, 0) is 6.92 Å². The topological polar surface area (TPSA) is 38.7 Å². The minimum Gasteiger partial charge on any atom is -0.231 e. The first-order valence-corrected chi connectivity index (χ1v) is 3.64. The van der Waals surface area contributed by atoms with Crippen molar-refractivity contribution in [2.45, 2.75) is 6.92 Å². The maximum absolute atomic E-state index is 4.01. The molecule has 2 rings (SSSR count). The lowest BCUT2D eigenvalue weighted by molar-refractivity contribution is 0.999. The summed E-state index contributed by atoms with van der Waals surface area (Å²) < 4.78 is 1.05. The van der Waals surface area contributed by atoms with Gasteiger partial charge in [0.25, 0.3) is 0 Å². The van der Waals surface area contributed by atoms with Crippen molar-refractivity contribution in [3.8, 4) is 0 Å². The van der Waals surface area contributed by atoms with Crippen LogP contribution in [0.1, 0.15) is 5.69 Å². The highest BCUT2D eigenvalue weighted by Gasteiger charge is 1.99. The molecule has 0 fully saturated rings. The molecule has 4 heteroatoms. The smallest absolute Gasteiger partial charge is 0.153 e. The van der Waals surface area contributed by atoms with Crippen molar-refractivity contribution in [1.29, 1.82) is 0 Å². The summed E-state index contributed by atoms with van der Waals surface area (Å²) in [6.07, 6.45) is 1.70. The SMILES string of the molecule is Cc1nncc2s[c]nc12. The number of hydrogen-bond acceptors (Lipinski definition) is 4. The number of aromatic nitrogens is 3. The van der Waals surface area contributed by atoms with E-state index in [4.69, 9.17) is 0 Å². The van der Waals surface area contributed by atoms with Gasteiger partial charge in [-0.25, -0.2) is 4.98 Å². The molecule has 2 aromatic rings. The van der Waals surface area contributed by atoms with E-state index < -0.39 is 0 Å². The minimum atomic E-state index is 0.870. The zero-order valence-electron chi connectivity index (χ0n) is 5.33. The second-order valence-corrected chi connectivity index (χ2v) is 2.77. The Bertz CT molecular complexity index is 355. The van der Waals surface area contributed by atoms with E-state index in [1.54, 1.807) is 6.20 Å². The van der Waals surface area contributed by atoms with Crippen molar-refractivity contribution in [2.24, 2.45) is 0 Å². The Kier molecular flexibility index (Phi) is 1.14. The van der Waals surface area contributed by atoms with Crippen molar-refractivity contribution in [3.63, 3.8) is 0 Å². The fourth-order valence-electron chi connectivity index (χ4n) is 0.783. The number of rotatable bonds is 0. The molecule has 0 aliphatic heterocycles. The average Bonchev–Trinajstić information content (AvgIpc) is 2.36. The van der Waals surface area contributed by atoms with Crippen LogP contribution in [0.5, 0.6) is 0 Å². The van der Waals surface area contributed by atoms with Crippen LogP contribution in [0, 0.1) is 12.4 Å². The van der Waals surface area contributed by atoms with E-state index in [0.29, 0.717) is 0 Å². The number of fused-ring (bicyclic) bond motifs is 1. The third-order valence-corrected chi connectivity index (χ3v) is 1.97. The molecule has 10 heavy (non-hydrogen) atoms. The summed E-state index contributed by atoms with van der Waals surface area (Å²) in [4.78, 5) is 4.01. The molecule has 0 saturated heterocycles. The highest BCUT2D eigenvalue weighted by molar-refractivity contribution is 7.16. The van der Waals surface area contributed by atoms with Gasteiger partial charge in [-0.2, -0.15) is 10.2 Å². The van der Waals surface area contributed by atoms with Gasteiger partial charge in [0.15, 0.2) is 5.51 Å². The number of aryl methyl sites for hydroxylation is 1. The van der Waals surface area contributed by atoms with Crippen molar-refractivity contribution < 1.29 is 0 Å². The summed E-state index contributed by atoms with van der Waals surface area (Å²) in [5.74, 6) is 0. The molecule has 1 radical (unpaired) electrons. The first kappa shape index (κ1) is 5.73. The molecule has 0 spiro atoms. The standard InChI is InChI=1S/C6H4N3S/c1-4-6-5(2-8-9-4)10-3-7-6/h2H,1H3. The Hall–Kier alpha value is -1.03. The highest BCUT2D eigenvalue weighted by atomic mass is 32.1. The van der Waals surface area contributed by atoms with Crippen molar-refractivity contribution in [2.75, 3.05) is 0 Å².